The van der Waals surface area contributed by atoms with E-state index in [-0.39, 0.29) is 28.7 Å². The van der Waals surface area contributed by atoms with Gasteiger partial charge in [-0.3, -0.25) is 0 Å². The summed E-state index contributed by atoms with van der Waals surface area (Å²) in [5.74, 6) is -4.07. The Morgan fingerprint density at radius 1 is 0.727 bits per heavy atom. The number of rotatable bonds is 7. The molecule has 6 rings (SSSR count). The van der Waals surface area contributed by atoms with Crippen LogP contribution in [0.4, 0.5) is 0 Å². The maximum atomic E-state index is 12.9. The maximum absolute atomic E-state index is 12.9. The molecule has 0 radical (unpaired) electrons. The summed E-state index contributed by atoms with van der Waals surface area (Å²) in [4.78, 5) is 25.5. The standard InChI is InChI=1S/C23H16O6.C13H21N2/c24-20-16(14-7-3-1-5-12(14)9-18(20)22(26)27)11-17-15-8-4-2-6-13(15)10-19(21(17)25)23(28)29;1(2-8-14-10-4-5-11-14)3-9-15-12-6-7-13-15/h1-10,24-25H,11H2,(H,26,27)(H,28,29);1-3,8-9H,4-7,10-13H2/q;+1/p-2. The minimum atomic E-state index is -1.35. The fourth-order valence-corrected chi connectivity index (χ4v) is 5.84. The van der Waals surface area contributed by atoms with Crippen molar-refractivity contribution in [1.82, 2.24) is 4.90 Å². The first-order valence-corrected chi connectivity index (χ1v) is 14.9. The number of nitrogens with zero attached hydrogens (tertiary/aromatic N) is 2. The lowest BCUT2D eigenvalue weighted by Gasteiger charge is -2.24. The number of carboxylic acids is 2. The highest BCUT2D eigenvalue weighted by Gasteiger charge is 2.17. The molecule has 2 aliphatic heterocycles. The zero-order valence-electron chi connectivity index (χ0n) is 24.4. The largest absolute Gasteiger partial charge is 0.872 e. The molecule has 2 N–H and O–H groups in total. The number of likely N-dealkylation sites (tertiary alicyclic amines) is 1. The molecule has 0 aromatic heterocycles. The van der Waals surface area contributed by atoms with Gasteiger partial charge in [0.1, 0.15) is 13.1 Å². The third-order valence-electron chi connectivity index (χ3n) is 8.12. The Hall–Kier alpha value is -5.11. The second kappa shape index (κ2) is 13.9. The highest BCUT2D eigenvalue weighted by atomic mass is 16.4. The van der Waals surface area contributed by atoms with E-state index in [0.29, 0.717) is 21.5 Å². The number of carboxylic acid groups (broad SMARTS) is 2. The van der Waals surface area contributed by atoms with Crippen LogP contribution in [0.2, 0.25) is 0 Å². The van der Waals surface area contributed by atoms with Gasteiger partial charge in [-0.25, -0.2) is 14.2 Å². The molecule has 8 heteroatoms. The van der Waals surface area contributed by atoms with Crippen LogP contribution in [0.1, 0.15) is 57.5 Å². The number of aromatic carboxylic acids is 2. The Bertz CT molecular complexity index is 1670. The summed E-state index contributed by atoms with van der Waals surface area (Å²) in [6.07, 6.45) is 16.1. The van der Waals surface area contributed by atoms with Crippen LogP contribution in [-0.2, 0) is 6.42 Å². The molecule has 2 saturated heterocycles. The maximum Gasteiger partial charge on any atom is 0.335 e. The Labute approximate surface area is 256 Å². The molecule has 2 aliphatic rings. The Morgan fingerprint density at radius 3 is 1.73 bits per heavy atom. The molecule has 4 aromatic rings. The number of hydrogen-bond donors (Lipinski definition) is 2. The number of allylic oxidation sites excluding steroid dienone is 3. The molecule has 2 heterocycles. The lowest BCUT2D eigenvalue weighted by atomic mass is 9.90. The third-order valence-corrected chi connectivity index (χ3v) is 8.12. The summed E-state index contributed by atoms with van der Waals surface area (Å²) in [7, 11) is 0. The number of fused-ring (bicyclic) bond motifs is 2. The average Bonchev–Trinajstić information content (AvgIpc) is 3.74. The van der Waals surface area contributed by atoms with E-state index >= 15 is 0 Å². The quantitative estimate of drug-likeness (QED) is 0.225. The van der Waals surface area contributed by atoms with E-state index in [1.165, 1.54) is 64.0 Å². The van der Waals surface area contributed by atoms with E-state index in [4.69, 9.17) is 0 Å². The molecule has 0 unspecified atom stereocenters. The summed E-state index contributed by atoms with van der Waals surface area (Å²) in [5.41, 5.74) is -0.453. The van der Waals surface area contributed by atoms with E-state index in [9.17, 15) is 30.0 Å². The van der Waals surface area contributed by atoms with Crippen LogP contribution >= 0.6 is 0 Å². The molecule has 226 valence electrons. The summed E-state index contributed by atoms with van der Waals surface area (Å²) >= 11 is 0. The fourth-order valence-electron chi connectivity index (χ4n) is 5.84. The van der Waals surface area contributed by atoms with Crippen LogP contribution in [0.15, 0.2) is 85.1 Å². The first kappa shape index (κ1) is 30.4. The lowest BCUT2D eigenvalue weighted by Crippen LogP contribution is -2.11. The van der Waals surface area contributed by atoms with Crippen LogP contribution < -0.4 is 10.2 Å². The monoisotopic (exact) mass is 591 g/mol. The first-order chi connectivity index (χ1) is 21.3. The van der Waals surface area contributed by atoms with Crippen LogP contribution in [0.5, 0.6) is 11.5 Å². The molecule has 0 spiro atoms. The number of benzene rings is 4. The van der Waals surface area contributed by atoms with Crippen molar-refractivity contribution in [3.63, 3.8) is 0 Å². The van der Waals surface area contributed by atoms with E-state index < -0.39 is 23.4 Å². The van der Waals surface area contributed by atoms with Gasteiger partial charge in [-0.2, -0.15) is 0 Å². The smallest absolute Gasteiger partial charge is 0.335 e. The minimum absolute atomic E-state index is 0.158. The van der Waals surface area contributed by atoms with Gasteiger partial charge in [-0.1, -0.05) is 66.1 Å². The van der Waals surface area contributed by atoms with Crippen molar-refractivity contribution in [1.29, 1.82) is 0 Å². The van der Waals surface area contributed by atoms with Crippen molar-refractivity contribution in [2.45, 2.75) is 32.1 Å². The number of hydrogen-bond acceptors (Lipinski definition) is 5. The molecular formula is C36H35N2O6-. The van der Waals surface area contributed by atoms with Crippen molar-refractivity contribution in [2.75, 3.05) is 26.2 Å². The molecule has 2 fully saturated rings. The van der Waals surface area contributed by atoms with E-state index in [0.717, 1.165) is 0 Å². The van der Waals surface area contributed by atoms with Gasteiger partial charge in [0.15, 0.2) is 6.21 Å². The van der Waals surface area contributed by atoms with Crippen LogP contribution in [0, 0.1) is 0 Å². The van der Waals surface area contributed by atoms with Gasteiger partial charge in [0.05, 0.1) is 11.1 Å². The first-order valence-electron chi connectivity index (χ1n) is 14.9. The Balaban J connectivity index is 0.000000215. The molecule has 0 bridgehead atoms. The average molecular weight is 592 g/mol. The Morgan fingerprint density at radius 2 is 1.23 bits per heavy atom. The van der Waals surface area contributed by atoms with Crippen molar-refractivity contribution in [3.8, 4) is 11.5 Å². The van der Waals surface area contributed by atoms with Gasteiger partial charge in [-0.05, 0) is 76.3 Å². The van der Waals surface area contributed by atoms with Gasteiger partial charge in [-0.15, -0.1) is 0 Å². The molecule has 0 saturated carbocycles. The van der Waals surface area contributed by atoms with Crippen LogP contribution in [0.25, 0.3) is 21.5 Å². The van der Waals surface area contributed by atoms with Crippen LogP contribution in [0.3, 0.4) is 0 Å². The second-order valence-electron chi connectivity index (χ2n) is 11.1. The third kappa shape index (κ3) is 6.92. The summed E-state index contributed by atoms with van der Waals surface area (Å²) in [6, 6.07) is 16.3. The highest BCUT2D eigenvalue weighted by Crippen LogP contribution is 2.37. The SMILES string of the molecule is C(/C=C/C=C/N1CCCC1)=[N+]1CCCC1.O=C(O)c1cc2ccccc2c(Cc2c([O-])c(C(=O)O)cc3ccccc23)c1[O-]. The van der Waals surface area contributed by atoms with E-state index in [1.807, 2.05) is 0 Å². The molecule has 0 aliphatic carbocycles. The van der Waals surface area contributed by atoms with Gasteiger partial charge in [0.2, 0.25) is 0 Å². The second-order valence-corrected chi connectivity index (χ2v) is 11.1. The predicted molar refractivity (Wildman–Crippen MR) is 168 cm³/mol. The topological polar surface area (TPSA) is 127 Å². The minimum Gasteiger partial charge on any atom is -0.872 e. The van der Waals surface area contributed by atoms with Crippen molar-refractivity contribution in [3.05, 3.63) is 107 Å². The lowest BCUT2D eigenvalue weighted by molar-refractivity contribution is -0.500. The summed E-state index contributed by atoms with van der Waals surface area (Å²) in [5, 5.41) is 46.8. The van der Waals surface area contributed by atoms with E-state index in [2.05, 4.69) is 40.1 Å². The number of carbonyl (C=O) groups is 2. The van der Waals surface area contributed by atoms with Gasteiger partial charge < -0.3 is 25.3 Å². The predicted octanol–water partition coefficient (Wildman–Crippen LogP) is 5.16. The molecule has 4 aromatic carbocycles. The zero-order chi connectivity index (χ0) is 31.1. The van der Waals surface area contributed by atoms with Gasteiger partial charge in [0, 0.05) is 32.0 Å². The van der Waals surface area contributed by atoms with Crippen molar-refractivity contribution >= 4 is 39.7 Å². The van der Waals surface area contributed by atoms with E-state index in [1.54, 1.807) is 48.5 Å². The zero-order valence-corrected chi connectivity index (χ0v) is 24.4. The fraction of sp³-hybridized carbons (Fsp3) is 0.250. The molecular weight excluding hydrogens is 556 g/mol. The van der Waals surface area contributed by atoms with Crippen molar-refractivity contribution < 1.29 is 34.6 Å². The normalized spacial score (nSPS) is 14.9. The molecule has 8 nitrogen and oxygen atoms in total. The molecule has 0 atom stereocenters. The van der Waals surface area contributed by atoms with Crippen LogP contribution in [-0.4, -0.2) is 64.0 Å². The summed E-state index contributed by atoms with van der Waals surface area (Å²) < 4.78 is 2.39. The Kier molecular flexibility index (Phi) is 9.59. The van der Waals surface area contributed by atoms with Gasteiger partial charge >= 0.3 is 11.9 Å². The molecule has 0 amide bonds. The van der Waals surface area contributed by atoms with Gasteiger partial charge in [0.25, 0.3) is 0 Å². The van der Waals surface area contributed by atoms with Crippen molar-refractivity contribution in [2.24, 2.45) is 0 Å². The summed E-state index contributed by atoms with van der Waals surface area (Å²) in [6.45, 7) is 4.95. The molecule has 44 heavy (non-hydrogen) atoms. The highest BCUT2D eigenvalue weighted by molar-refractivity contribution is 6.02.